The number of carbonyl (C=O) groups excluding carboxylic acids is 2. The first kappa shape index (κ1) is 11.4. The van der Waals surface area contributed by atoms with Crippen LogP contribution in [-0.2, 0) is 9.53 Å². The molecular weight excluding hydrogens is 206 g/mol. The summed E-state index contributed by atoms with van der Waals surface area (Å²) in [6, 6.07) is 0. The molecule has 90 valence electrons. The molecule has 0 spiro atoms. The van der Waals surface area contributed by atoms with Crippen molar-refractivity contribution in [1.29, 1.82) is 0 Å². The van der Waals surface area contributed by atoms with E-state index in [1.807, 2.05) is 27.7 Å². The van der Waals surface area contributed by atoms with E-state index < -0.39 is 5.60 Å². The van der Waals surface area contributed by atoms with Crippen molar-refractivity contribution in [2.75, 3.05) is 13.1 Å². The molecule has 0 unspecified atom stereocenters. The van der Waals surface area contributed by atoms with E-state index in [9.17, 15) is 9.59 Å². The SMILES string of the molecule is CC(C)(C)OC(=O)N1C[C@H]2CC(=O)[C@@]2(C)C1. The maximum absolute atomic E-state index is 11.8. The van der Waals surface area contributed by atoms with Gasteiger partial charge in [0.05, 0.1) is 0 Å². The number of nitrogens with zero attached hydrogens (tertiary/aromatic N) is 1. The molecule has 0 aromatic rings. The summed E-state index contributed by atoms with van der Waals surface area (Å²) in [7, 11) is 0. The second kappa shape index (κ2) is 3.22. The maximum Gasteiger partial charge on any atom is 0.410 e. The third kappa shape index (κ3) is 1.70. The van der Waals surface area contributed by atoms with Crippen LogP contribution in [0.1, 0.15) is 34.1 Å². The lowest BCUT2D eigenvalue weighted by Crippen LogP contribution is -2.47. The van der Waals surface area contributed by atoms with Gasteiger partial charge in [-0.05, 0) is 26.7 Å². The van der Waals surface area contributed by atoms with E-state index in [1.165, 1.54) is 0 Å². The number of likely N-dealkylation sites (tertiary alicyclic amines) is 1. The smallest absolute Gasteiger partial charge is 0.410 e. The van der Waals surface area contributed by atoms with Crippen LogP contribution in [-0.4, -0.2) is 35.5 Å². The van der Waals surface area contributed by atoms with Crippen LogP contribution in [0.2, 0.25) is 0 Å². The van der Waals surface area contributed by atoms with Crippen LogP contribution in [0.15, 0.2) is 0 Å². The molecule has 2 atom stereocenters. The first-order valence-corrected chi connectivity index (χ1v) is 5.73. The number of rotatable bonds is 0. The zero-order chi connectivity index (χ0) is 12.1. The summed E-state index contributed by atoms with van der Waals surface area (Å²) in [4.78, 5) is 25.0. The Hall–Kier alpha value is -1.06. The Morgan fingerprint density at radius 3 is 2.56 bits per heavy atom. The first-order valence-electron chi connectivity index (χ1n) is 5.73. The van der Waals surface area contributed by atoms with Gasteiger partial charge in [0.1, 0.15) is 11.4 Å². The van der Waals surface area contributed by atoms with Gasteiger partial charge in [-0.15, -0.1) is 0 Å². The van der Waals surface area contributed by atoms with Gasteiger partial charge in [-0.2, -0.15) is 0 Å². The van der Waals surface area contributed by atoms with E-state index in [4.69, 9.17) is 4.74 Å². The second-order valence-electron chi connectivity index (χ2n) is 6.10. The van der Waals surface area contributed by atoms with Crippen molar-refractivity contribution in [3.8, 4) is 0 Å². The van der Waals surface area contributed by atoms with E-state index in [-0.39, 0.29) is 17.3 Å². The monoisotopic (exact) mass is 225 g/mol. The van der Waals surface area contributed by atoms with Crippen molar-refractivity contribution >= 4 is 11.9 Å². The molecule has 2 fully saturated rings. The molecule has 2 rings (SSSR count). The first-order chi connectivity index (χ1) is 7.22. The molecule has 0 N–H and O–H groups in total. The van der Waals surface area contributed by atoms with Crippen LogP contribution in [0.5, 0.6) is 0 Å². The Labute approximate surface area is 95.9 Å². The maximum atomic E-state index is 11.8. The Morgan fingerprint density at radius 1 is 1.50 bits per heavy atom. The van der Waals surface area contributed by atoms with E-state index in [0.717, 1.165) is 0 Å². The minimum Gasteiger partial charge on any atom is -0.444 e. The zero-order valence-corrected chi connectivity index (χ0v) is 10.4. The zero-order valence-electron chi connectivity index (χ0n) is 10.4. The lowest BCUT2D eigenvalue weighted by molar-refractivity contribution is -0.140. The van der Waals surface area contributed by atoms with Crippen molar-refractivity contribution < 1.29 is 14.3 Å². The van der Waals surface area contributed by atoms with Crippen LogP contribution in [0.25, 0.3) is 0 Å². The van der Waals surface area contributed by atoms with Crippen molar-refractivity contribution in [2.24, 2.45) is 11.3 Å². The molecule has 1 heterocycles. The van der Waals surface area contributed by atoms with Gasteiger partial charge in [-0.1, -0.05) is 6.92 Å². The second-order valence-corrected chi connectivity index (χ2v) is 6.10. The molecule has 16 heavy (non-hydrogen) atoms. The van der Waals surface area contributed by atoms with Gasteiger partial charge in [0.15, 0.2) is 0 Å². The highest BCUT2D eigenvalue weighted by molar-refractivity contribution is 5.92. The van der Waals surface area contributed by atoms with Gasteiger partial charge in [-0.25, -0.2) is 4.79 Å². The van der Waals surface area contributed by atoms with E-state index in [1.54, 1.807) is 4.90 Å². The summed E-state index contributed by atoms with van der Waals surface area (Å²) < 4.78 is 5.30. The number of hydrogen-bond donors (Lipinski definition) is 0. The highest BCUT2D eigenvalue weighted by Crippen LogP contribution is 2.48. The van der Waals surface area contributed by atoms with Crippen molar-refractivity contribution in [2.45, 2.75) is 39.7 Å². The molecule has 0 aromatic carbocycles. The summed E-state index contributed by atoms with van der Waals surface area (Å²) in [6.07, 6.45) is 0.325. The topological polar surface area (TPSA) is 46.6 Å². The van der Waals surface area contributed by atoms with Gasteiger partial charge in [-0.3, -0.25) is 4.79 Å². The average molecular weight is 225 g/mol. The number of Topliss-reactive ketones (excluding diaryl/α,β-unsaturated/α-hetero) is 1. The van der Waals surface area contributed by atoms with Gasteiger partial charge in [0.25, 0.3) is 0 Å². The van der Waals surface area contributed by atoms with E-state index in [2.05, 4.69) is 0 Å². The minimum atomic E-state index is -0.469. The number of fused-ring (bicyclic) bond motifs is 1. The molecule has 4 nitrogen and oxygen atoms in total. The highest BCUT2D eigenvalue weighted by atomic mass is 16.6. The van der Waals surface area contributed by atoms with Gasteiger partial charge < -0.3 is 9.64 Å². The molecule has 0 radical (unpaired) electrons. The standard InChI is InChI=1S/C12H19NO3/c1-11(2,3)16-10(15)13-6-8-5-9(14)12(8,4)7-13/h8H,5-7H2,1-4H3/t8-,12+/m1/s1. The quantitative estimate of drug-likeness (QED) is 0.632. The number of amides is 1. The van der Waals surface area contributed by atoms with Gasteiger partial charge in [0, 0.05) is 24.9 Å². The fraction of sp³-hybridized carbons (Fsp3) is 0.833. The van der Waals surface area contributed by atoms with E-state index in [0.29, 0.717) is 25.4 Å². The molecule has 4 heteroatoms. The van der Waals surface area contributed by atoms with Crippen LogP contribution >= 0.6 is 0 Å². The van der Waals surface area contributed by atoms with Crippen LogP contribution in [0.4, 0.5) is 4.79 Å². The van der Waals surface area contributed by atoms with E-state index >= 15 is 0 Å². The molecule has 1 aliphatic heterocycles. The third-order valence-corrected chi connectivity index (χ3v) is 3.58. The number of ketones is 1. The molecule has 2 aliphatic rings. The Bertz CT molecular complexity index is 345. The van der Waals surface area contributed by atoms with Crippen molar-refractivity contribution in [3.63, 3.8) is 0 Å². The predicted octanol–water partition coefficient (Wildman–Crippen LogP) is 1.83. The van der Waals surface area contributed by atoms with Gasteiger partial charge in [0.2, 0.25) is 0 Å². The van der Waals surface area contributed by atoms with Crippen molar-refractivity contribution in [3.05, 3.63) is 0 Å². The Morgan fingerprint density at radius 2 is 2.12 bits per heavy atom. The van der Waals surface area contributed by atoms with Crippen LogP contribution in [0, 0.1) is 11.3 Å². The predicted molar refractivity (Wildman–Crippen MR) is 59.0 cm³/mol. The summed E-state index contributed by atoms with van der Waals surface area (Å²) >= 11 is 0. The highest BCUT2D eigenvalue weighted by Gasteiger charge is 2.57. The fourth-order valence-electron chi connectivity index (χ4n) is 2.45. The Kier molecular flexibility index (Phi) is 2.30. The summed E-state index contributed by atoms with van der Waals surface area (Å²) in [5.41, 5.74) is -0.763. The summed E-state index contributed by atoms with van der Waals surface area (Å²) in [5.74, 6) is 0.621. The lowest BCUT2D eigenvalue weighted by Gasteiger charge is -2.38. The number of ether oxygens (including phenoxy) is 1. The largest absolute Gasteiger partial charge is 0.444 e. The number of carbonyl (C=O) groups is 2. The summed E-state index contributed by atoms with van der Waals surface area (Å²) in [5, 5.41) is 0. The Balaban J connectivity index is 1.99. The van der Waals surface area contributed by atoms with Crippen LogP contribution in [0.3, 0.4) is 0 Å². The number of hydrogen-bond acceptors (Lipinski definition) is 3. The molecule has 1 amide bonds. The average Bonchev–Trinajstić information content (AvgIpc) is 2.38. The summed E-state index contributed by atoms with van der Waals surface area (Å²) in [6.45, 7) is 8.68. The lowest BCUT2D eigenvalue weighted by atomic mass is 9.62. The van der Waals surface area contributed by atoms with Crippen LogP contribution < -0.4 is 0 Å². The molecular formula is C12H19NO3. The molecule has 1 saturated heterocycles. The molecule has 0 bridgehead atoms. The minimum absolute atomic E-state index is 0.281. The normalized spacial score (nSPS) is 33.4. The van der Waals surface area contributed by atoms with Gasteiger partial charge >= 0.3 is 6.09 Å². The molecule has 1 saturated carbocycles. The van der Waals surface area contributed by atoms with Crippen molar-refractivity contribution in [1.82, 2.24) is 4.90 Å². The fourth-order valence-corrected chi connectivity index (χ4v) is 2.45. The third-order valence-electron chi connectivity index (χ3n) is 3.58. The molecule has 1 aliphatic carbocycles. The molecule has 0 aromatic heterocycles.